The number of carbonyl (C=O) groups excluding carboxylic acids is 3. The summed E-state index contributed by atoms with van der Waals surface area (Å²) in [5, 5.41) is 3.29. The molecule has 1 saturated carbocycles. The highest BCUT2D eigenvalue weighted by atomic mass is 16.5. The van der Waals surface area contributed by atoms with Crippen molar-refractivity contribution in [2.24, 2.45) is 5.92 Å². The molecular formula is C58H113N3O4. The molecule has 1 fully saturated rings. The van der Waals surface area contributed by atoms with Gasteiger partial charge in [-0.15, -0.1) is 0 Å². The summed E-state index contributed by atoms with van der Waals surface area (Å²) in [6.07, 6.45) is 50.5. The van der Waals surface area contributed by atoms with Crippen LogP contribution in [0.4, 0.5) is 0 Å². The molecule has 1 unspecified atom stereocenters. The second-order valence-electron chi connectivity index (χ2n) is 21.1. The molecule has 0 aliphatic heterocycles. The van der Waals surface area contributed by atoms with Gasteiger partial charge in [-0.2, -0.15) is 0 Å². The van der Waals surface area contributed by atoms with Gasteiger partial charge in [0.2, 0.25) is 11.8 Å². The van der Waals surface area contributed by atoms with Crippen LogP contribution in [0.2, 0.25) is 0 Å². The maximum absolute atomic E-state index is 15.0. The predicted octanol–water partition coefficient (Wildman–Crippen LogP) is 16.6. The number of nitrogens with one attached hydrogen (secondary N) is 1. The fourth-order valence-corrected chi connectivity index (χ4v) is 10.1. The molecule has 7 nitrogen and oxygen atoms in total. The highest BCUT2D eigenvalue weighted by Gasteiger charge is 2.51. The molecule has 7 heteroatoms. The summed E-state index contributed by atoms with van der Waals surface area (Å²) < 4.78 is 5.86. The maximum atomic E-state index is 15.0. The first-order valence-corrected chi connectivity index (χ1v) is 29.2. The van der Waals surface area contributed by atoms with E-state index in [4.69, 9.17) is 4.74 Å². The summed E-state index contributed by atoms with van der Waals surface area (Å²) in [5.41, 5.74) is -0.728. The molecule has 0 aromatic heterocycles. The number of rotatable bonds is 49. The van der Waals surface area contributed by atoms with Crippen LogP contribution in [0, 0.1) is 5.92 Å². The molecule has 0 spiro atoms. The van der Waals surface area contributed by atoms with Crippen LogP contribution >= 0.6 is 0 Å². The van der Waals surface area contributed by atoms with Gasteiger partial charge in [0.1, 0.15) is 11.6 Å². The molecule has 1 atom stereocenters. The first kappa shape index (κ1) is 61.4. The number of hydrogen-bond donors (Lipinski definition) is 1. The lowest BCUT2D eigenvalue weighted by Gasteiger charge is -2.50. The molecule has 0 aromatic carbocycles. The molecule has 0 saturated heterocycles. The number of unbranched alkanes of at least 4 members (excludes halogenated alkanes) is 30. The minimum atomic E-state index is -0.728. The van der Waals surface area contributed by atoms with E-state index in [2.05, 4.69) is 56.9 Å². The summed E-state index contributed by atoms with van der Waals surface area (Å²) in [7, 11) is 4.25. The largest absolute Gasteiger partial charge is 0.462 e. The van der Waals surface area contributed by atoms with Crippen molar-refractivity contribution in [2.75, 3.05) is 33.7 Å². The summed E-state index contributed by atoms with van der Waals surface area (Å²) in [6.45, 7) is 11.2. The van der Waals surface area contributed by atoms with Crippen LogP contribution < -0.4 is 5.32 Å². The van der Waals surface area contributed by atoms with E-state index < -0.39 is 5.54 Å². The van der Waals surface area contributed by atoms with Crippen molar-refractivity contribution in [3.05, 3.63) is 0 Å². The highest BCUT2D eigenvalue weighted by molar-refractivity contribution is 5.93. The Labute approximate surface area is 405 Å². The standard InChI is InChI=1S/C58H113N3O4/c1-7-11-14-17-20-22-24-26-28-30-32-36-44-53(45-37-33-31-29-27-25-23-21-18-15-12-8-2)56(63)61(52-42-35-41-51-60(5)6)58(48-43-49-58)57(64)59-50-40-39-47-55(62)65-54(10-4)46-38-34-19-16-13-9-3/h53-54H,7-52H2,1-6H3,(H,59,64). The molecule has 65 heavy (non-hydrogen) atoms. The van der Waals surface area contributed by atoms with Gasteiger partial charge in [0.15, 0.2) is 0 Å². The SMILES string of the molecule is CCCCCCCCCCCCCCC(CCCCCCCCCCCCCC)C(=O)N(CCCCCN(C)C)C1(C(=O)NCCCCC(=O)OC(CC)CCCCCCCC)CCC1. The number of ether oxygens (including phenoxy) is 1. The maximum Gasteiger partial charge on any atom is 0.306 e. The van der Waals surface area contributed by atoms with Crippen LogP contribution in [-0.4, -0.2) is 73.0 Å². The number of carbonyl (C=O) groups is 3. The van der Waals surface area contributed by atoms with Crippen LogP contribution in [0.5, 0.6) is 0 Å². The van der Waals surface area contributed by atoms with E-state index in [0.717, 1.165) is 96.4 Å². The van der Waals surface area contributed by atoms with E-state index in [1.807, 2.05) is 0 Å². The van der Waals surface area contributed by atoms with Crippen molar-refractivity contribution in [3.63, 3.8) is 0 Å². The van der Waals surface area contributed by atoms with Crippen molar-refractivity contribution < 1.29 is 19.1 Å². The Kier molecular flexibility index (Phi) is 41.2. The fraction of sp³-hybridized carbons (Fsp3) is 0.948. The lowest BCUT2D eigenvalue weighted by molar-refractivity contribution is -0.157. The highest BCUT2D eigenvalue weighted by Crippen LogP contribution is 2.40. The molecule has 1 rings (SSSR count). The number of amides is 2. The van der Waals surface area contributed by atoms with E-state index in [1.54, 1.807) is 0 Å². The van der Waals surface area contributed by atoms with E-state index >= 15 is 0 Å². The first-order chi connectivity index (χ1) is 31.7. The summed E-state index contributed by atoms with van der Waals surface area (Å²) in [5.74, 6) is 0.190. The molecule has 2 amide bonds. The summed E-state index contributed by atoms with van der Waals surface area (Å²) in [6, 6.07) is 0. The molecule has 384 valence electrons. The van der Waals surface area contributed by atoms with Crippen molar-refractivity contribution in [3.8, 4) is 0 Å². The average molecular weight is 917 g/mol. The smallest absolute Gasteiger partial charge is 0.306 e. The van der Waals surface area contributed by atoms with Crippen molar-refractivity contribution in [1.82, 2.24) is 15.1 Å². The van der Waals surface area contributed by atoms with Gasteiger partial charge in [0.25, 0.3) is 0 Å². The van der Waals surface area contributed by atoms with Crippen LogP contribution in [0.25, 0.3) is 0 Å². The Hall–Kier alpha value is -1.63. The van der Waals surface area contributed by atoms with E-state index in [9.17, 15) is 14.4 Å². The molecule has 1 N–H and O–H groups in total. The Morgan fingerprint density at radius 3 is 1.29 bits per heavy atom. The molecule has 0 bridgehead atoms. The molecule has 1 aliphatic rings. The monoisotopic (exact) mass is 916 g/mol. The van der Waals surface area contributed by atoms with Gasteiger partial charge in [0.05, 0.1) is 0 Å². The Balaban J connectivity index is 2.85. The minimum absolute atomic E-state index is 0.00677. The zero-order valence-corrected chi connectivity index (χ0v) is 44.7. The molecule has 0 radical (unpaired) electrons. The average Bonchev–Trinajstić information content (AvgIpc) is 3.28. The first-order valence-electron chi connectivity index (χ1n) is 29.2. The second kappa shape index (κ2) is 43.6. The summed E-state index contributed by atoms with van der Waals surface area (Å²) in [4.78, 5) is 46.4. The topological polar surface area (TPSA) is 79.0 Å². The Morgan fingerprint density at radius 2 is 0.892 bits per heavy atom. The normalized spacial score (nSPS) is 13.9. The van der Waals surface area contributed by atoms with E-state index in [1.165, 1.54) is 173 Å². The minimum Gasteiger partial charge on any atom is -0.462 e. The van der Waals surface area contributed by atoms with Gasteiger partial charge in [-0.25, -0.2) is 0 Å². The fourth-order valence-electron chi connectivity index (χ4n) is 10.1. The zero-order valence-electron chi connectivity index (χ0n) is 44.7. The molecule has 1 aliphatic carbocycles. The van der Waals surface area contributed by atoms with Gasteiger partial charge in [-0.3, -0.25) is 14.4 Å². The Morgan fingerprint density at radius 1 is 0.492 bits per heavy atom. The molecular weight excluding hydrogens is 803 g/mol. The zero-order chi connectivity index (χ0) is 47.5. The van der Waals surface area contributed by atoms with E-state index in [0.29, 0.717) is 25.9 Å². The third-order valence-electron chi connectivity index (χ3n) is 14.8. The summed E-state index contributed by atoms with van der Waals surface area (Å²) >= 11 is 0. The molecule has 0 heterocycles. The van der Waals surface area contributed by atoms with Crippen molar-refractivity contribution in [2.45, 2.75) is 315 Å². The van der Waals surface area contributed by atoms with Gasteiger partial charge in [-0.05, 0) is 97.7 Å². The van der Waals surface area contributed by atoms with Crippen LogP contribution in [0.3, 0.4) is 0 Å². The predicted molar refractivity (Wildman–Crippen MR) is 281 cm³/mol. The third-order valence-corrected chi connectivity index (χ3v) is 14.8. The second-order valence-corrected chi connectivity index (χ2v) is 21.1. The van der Waals surface area contributed by atoms with Gasteiger partial charge in [-0.1, -0.05) is 220 Å². The number of hydrogen-bond acceptors (Lipinski definition) is 5. The lowest BCUT2D eigenvalue weighted by Crippen LogP contribution is -2.65. The Bertz CT molecular complexity index is 1060. The van der Waals surface area contributed by atoms with Gasteiger partial charge < -0.3 is 19.9 Å². The molecule has 0 aromatic rings. The quantitative estimate of drug-likeness (QED) is 0.0486. The number of nitrogens with zero attached hydrogens (tertiary/aromatic N) is 2. The van der Waals surface area contributed by atoms with Crippen LogP contribution in [0.1, 0.15) is 304 Å². The van der Waals surface area contributed by atoms with E-state index in [-0.39, 0.29) is 29.8 Å². The van der Waals surface area contributed by atoms with Crippen LogP contribution in [-0.2, 0) is 19.1 Å². The van der Waals surface area contributed by atoms with Crippen molar-refractivity contribution in [1.29, 1.82) is 0 Å². The van der Waals surface area contributed by atoms with Gasteiger partial charge >= 0.3 is 5.97 Å². The van der Waals surface area contributed by atoms with Crippen molar-refractivity contribution >= 4 is 17.8 Å². The van der Waals surface area contributed by atoms with Crippen LogP contribution in [0.15, 0.2) is 0 Å². The lowest BCUT2D eigenvalue weighted by atomic mass is 9.73. The third kappa shape index (κ3) is 31.9. The van der Waals surface area contributed by atoms with Gasteiger partial charge in [0, 0.05) is 25.4 Å². The number of esters is 1.